The third kappa shape index (κ3) is 6.83. The number of nitrogens with zero attached hydrogens (tertiary/aromatic N) is 1. The zero-order valence-electron chi connectivity index (χ0n) is 33.6. The molecule has 0 aliphatic carbocycles. The molecule has 0 N–H and O–H groups in total. The van der Waals surface area contributed by atoms with Gasteiger partial charge in [-0.15, -0.1) is 0 Å². The van der Waals surface area contributed by atoms with Crippen molar-refractivity contribution in [3.8, 4) is 55.6 Å². The average molecular weight is 776 g/mol. The number of benzene rings is 11. The Hall–Kier alpha value is -8.00. The van der Waals surface area contributed by atoms with Gasteiger partial charge in [0.05, 0.1) is 5.69 Å². The van der Waals surface area contributed by atoms with Crippen LogP contribution >= 0.6 is 0 Å². The van der Waals surface area contributed by atoms with Crippen LogP contribution in [0.15, 0.2) is 249 Å². The van der Waals surface area contributed by atoms with E-state index < -0.39 is 0 Å². The summed E-state index contributed by atoms with van der Waals surface area (Å²) in [5.41, 5.74) is 15.2. The molecule has 11 aromatic carbocycles. The van der Waals surface area contributed by atoms with Crippen molar-refractivity contribution >= 4 is 49.4 Å². The molecule has 0 fully saturated rings. The number of fused-ring (bicyclic) bond motifs is 4. The molecule has 0 saturated carbocycles. The quantitative estimate of drug-likeness (QED) is 0.139. The average Bonchev–Trinajstić information content (AvgIpc) is 3.34. The van der Waals surface area contributed by atoms with Gasteiger partial charge in [-0.2, -0.15) is 0 Å². The Morgan fingerprint density at radius 1 is 0.230 bits per heavy atom. The molecule has 0 saturated heterocycles. The van der Waals surface area contributed by atoms with Gasteiger partial charge < -0.3 is 4.90 Å². The first-order valence-corrected chi connectivity index (χ1v) is 21.0. The summed E-state index contributed by atoms with van der Waals surface area (Å²) in [6.45, 7) is 0. The largest absolute Gasteiger partial charge is 0.310 e. The smallest absolute Gasteiger partial charge is 0.0540 e. The molecular formula is C60H41N. The Morgan fingerprint density at radius 2 is 0.738 bits per heavy atom. The van der Waals surface area contributed by atoms with Crippen LogP contribution in [0.3, 0.4) is 0 Å². The Labute approximate surface area is 357 Å². The minimum atomic E-state index is 1.08. The summed E-state index contributed by atoms with van der Waals surface area (Å²) in [5, 5.41) is 7.53. The van der Waals surface area contributed by atoms with E-state index in [1.807, 2.05) is 0 Å². The van der Waals surface area contributed by atoms with E-state index in [-0.39, 0.29) is 0 Å². The summed E-state index contributed by atoms with van der Waals surface area (Å²) in [7, 11) is 0. The first-order valence-electron chi connectivity index (χ1n) is 21.0. The number of hydrogen-bond donors (Lipinski definition) is 0. The van der Waals surface area contributed by atoms with Crippen LogP contribution in [0.25, 0.3) is 88.0 Å². The fourth-order valence-corrected chi connectivity index (χ4v) is 9.05. The molecule has 0 spiro atoms. The number of rotatable bonds is 8. The second-order valence-corrected chi connectivity index (χ2v) is 15.7. The summed E-state index contributed by atoms with van der Waals surface area (Å²) < 4.78 is 0. The van der Waals surface area contributed by atoms with Crippen LogP contribution in [0.2, 0.25) is 0 Å². The maximum atomic E-state index is 2.43. The lowest BCUT2D eigenvalue weighted by molar-refractivity contribution is 1.28. The standard InChI is InChI=1S/C60H41N/c1-4-15-42(16-5-1)50-33-38-59(58(41-50)43-17-6-2-7-18-43)61(53-24-14-23-48(40-53)49-32-36-55-51(39-49)28-27-44-19-10-12-25-54(44)55)52-34-29-46(30-35-52)57-37-31-45-20-11-13-26-56(45)60(57)47-21-8-3-9-22-47/h1-41H. The van der Waals surface area contributed by atoms with Crippen molar-refractivity contribution in [1.82, 2.24) is 0 Å². The van der Waals surface area contributed by atoms with Crippen molar-refractivity contribution in [2.24, 2.45) is 0 Å². The van der Waals surface area contributed by atoms with Gasteiger partial charge >= 0.3 is 0 Å². The summed E-state index contributed by atoms with van der Waals surface area (Å²) in [6, 6.07) is 90.5. The van der Waals surface area contributed by atoms with Crippen LogP contribution in [0.4, 0.5) is 17.1 Å². The second kappa shape index (κ2) is 15.6. The van der Waals surface area contributed by atoms with Crippen molar-refractivity contribution in [1.29, 1.82) is 0 Å². The number of anilines is 3. The molecule has 0 aliphatic rings. The van der Waals surface area contributed by atoms with Gasteiger partial charge in [0.25, 0.3) is 0 Å². The Morgan fingerprint density at radius 3 is 1.49 bits per heavy atom. The molecule has 1 heteroatoms. The molecule has 286 valence electrons. The van der Waals surface area contributed by atoms with Crippen molar-refractivity contribution in [3.05, 3.63) is 249 Å². The van der Waals surface area contributed by atoms with Crippen molar-refractivity contribution in [3.63, 3.8) is 0 Å². The van der Waals surface area contributed by atoms with E-state index in [0.29, 0.717) is 0 Å². The lowest BCUT2D eigenvalue weighted by Crippen LogP contribution is -2.11. The fraction of sp³-hybridized carbons (Fsp3) is 0. The summed E-state index contributed by atoms with van der Waals surface area (Å²) in [6.07, 6.45) is 0. The third-order valence-corrected chi connectivity index (χ3v) is 12.0. The summed E-state index contributed by atoms with van der Waals surface area (Å²) in [4.78, 5) is 2.43. The lowest BCUT2D eigenvalue weighted by Gasteiger charge is -2.29. The third-order valence-electron chi connectivity index (χ3n) is 12.0. The van der Waals surface area contributed by atoms with Crippen LogP contribution in [-0.2, 0) is 0 Å². The molecule has 0 unspecified atom stereocenters. The molecule has 11 rings (SSSR count). The molecule has 1 nitrogen and oxygen atoms in total. The van der Waals surface area contributed by atoms with E-state index in [1.165, 1.54) is 82.4 Å². The first kappa shape index (κ1) is 36.1. The van der Waals surface area contributed by atoms with Gasteiger partial charge in [-0.25, -0.2) is 0 Å². The van der Waals surface area contributed by atoms with E-state index >= 15 is 0 Å². The second-order valence-electron chi connectivity index (χ2n) is 15.7. The van der Waals surface area contributed by atoms with Gasteiger partial charge in [0.2, 0.25) is 0 Å². The Bertz CT molecular complexity index is 3330. The predicted octanol–water partition coefficient (Wildman–Crippen LogP) is 17.0. The number of hydrogen-bond acceptors (Lipinski definition) is 1. The van der Waals surface area contributed by atoms with Gasteiger partial charge in [0.1, 0.15) is 0 Å². The first-order chi connectivity index (χ1) is 30.2. The highest BCUT2D eigenvalue weighted by Crippen LogP contribution is 2.45. The van der Waals surface area contributed by atoms with E-state index in [9.17, 15) is 0 Å². The molecule has 0 bridgehead atoms. The van der Waals surface area contributed by atoms with Crippen LogP contribution in [0.1, 0.15) is 0 Å². The highest BCUT2D eigenvalue weighted by atomic mass is 15.1. The normalized spacial score (nSPS) is 11.3. The molecule has 0 heterocycles. The van der Waals surface area contributed by atoms with Crippen molar-refractivity contribution in [2.75, 3.05) is 4.90 Å². The maximum absolute atomic E-state index is 2.43. The molecule has 0 atom stereocenters. The molecule has 0 amide bonds. The molecule has 0 aliphatic heterocycles. The summed E-state index contributed by atoms with van der Waals surface area (Å²) in [5.74, 6) is 0. The van der Waals surface area contributed by atoms with Gasteiger partial charge in [0.15, 0.2) is 0 Å². The van der Waals surface area contributed by atoms with Crippen LogP contribution < -0.4 is 4.90 Å². The van der Waals surface area contributed by atoms with Gasteiger partial charge in [0, 0.05) is 16.9 Å². The highest BCUT2D eigenvalue weighted by Gasteiger charge is 2.20. The zero-order chi connectivity index (χ0) is 40.5. The highest BCUT2D eigenvalue weighted by molar-refractivity contribution is 6.09. The van der Waals surface area contributed by atoms with E-state index in [0.717, 1.165) is 22.6 Å². The van der Waals surface area contributed by atoms with Crippen LogP contribution in [0.5, 0.6) is 0 Å². The van der Waals surface area contributed by atoms with Crippen molar-refractivity contribution in [2.45, 2.75) is 0 Å². The SMILES string of the molecule is c1ccc(-c2ccc(N(c3ccc(-c4ccc5ccccc5c4-c4ccccc4)cc3)c3cccc(-c4ccc5c(ccc6ccccc65)c4)c3)c(-c3ccccc3)c2)cc1. The molecule has 0 radical (unpaired) electrons. The fourth-order valence-electron chi connectivity index (χ4n) is 9.05. The van der Waals surface area contributed by atoms with E-state index in [1.54, 1.807) is 0 Å². The summed E-state index contributed by atoms with van der Waals surface area (Å²) >= 11 is 0. The van der Waals surface area contributed by atoms with E-state index in [4.69, 9.17) is 0 Å². The van der Waals surface area contributed by atoms with Crippen LogP contribution in [0, 0.1) is 0 Å². The maximum Gasteiger partial charge on any atom is 0.0540 e. The van der Waals surface area contributed by atoms with Crippen LogP contribution in [-0.4, -0.2) is 0 Å². The Balaban J connectivity index is 1.08. The minimum Gasteiger partial charge on any atom is -0.310 e. The van der Waals surface area contributed by atoms with Gasteiger partial charge in [-0.1, -0.05) is 206 Å². The van der Waals surface area contributed by atoms with Gasteiger partial charge in [-0.3, -0.25) is 0 Å². The monoisotopic (exact) mass is 775 g/mol. The van der Waals surface area contributed by atoms with E-state index in [2.05, 4.69) is 254 Å². The molecular weight excluding hydrogens is 735 g/mol. The zero-order valence-corrected chi connectivity index (χ0v) is 33.6. The molecule has 0 aromatic heterocycles. The Kier molecular flexibility index (Phi) is 9.26. The molecule has 11 aromatic rings. The molecule has 61 heavy (non-hydrogen) atoms. The lowest BCUT2D eigenvalue weighted by atomic mass is 9.89. The van der Waals surface area contributed by atoms with Gasteiger partial charge in [-0.05, 0) is 125 Å². The predicted molar refractivity (Wildman–Crippen MR) is 261 cm³/mol. The topological polar surface area (TPSA) is 3.24 Å². The minimum absolute atomic E-state index is 1.08. The van der Waals surface area contributed by atoms with Crippen molar-refractivity contribution < 1.29 is 0 Å².